The number of carbonyl (C=O) groups is 1. The van der Waals surface area contributed by atoms with E-state index < -0.39 is 6.29 Å². The molecule has 0 amide bonds. The summed E-state index contributed by atoms with van der Waals surface area (Å²) >= 11 is 0. The highest BCUT2D eigenvalue weighted by molar-refractivity contribution is 5.91. The van der Waals surface area contributed by atoms with Gasteiger partial charge in [0.2, 0.25) is 0 Å². The fourth-order valence-corrected chi connectivity index (χ4v) is 8.62. The molecule has 4 unspecified atom stereocenters. The number of fused-ring (bicyclic) bond motifs is 9. The number of aliphatic hydroxyl groups is 1. The minimum absolute atomic E-state index is 0.162. The predicted octanol–water partition coefficient (Wildman–Crippen LogP) is 3.87. The first-order valence-corrected chi connectivity index (χ1v) is 10.7. The molecule has 0 bridgehead atoms. The van der Waals surface area contributed by atoms with Crippen molar-refractivity contribution in [2.45, 2.75) is 64.3 Å². The zero-order valence-corrected chi connectivity index (χ0v) is 15.9. The van der Waals surface area contributed by atoms with E-state index in [0.717, 1.165) is 42.9 Å². The highest BCUT2D eigenvalue weighted by atomic mass is 16.6. The first-order valence-electron chi connectivity index (χ1n) is 10.7. The van der Waals surface area contributed by atoms with Gasteiger partial charge >= 0.3 is 0 Å². The zero-order chi connectivity index (χ0) is 17.8. The van der Waals surface area contributed by atoms with E-state index in [4.69, 9.17) is 4.74 Å². The zero-order valence-electron chi connectivity index (χ0n) is 15.9. The summed E-state index contributed by atoms with van der Waals surface area (Å²) in [5.41, 5.74) is 1.41. The fraction of sp³-hybridized carbons (Fsp3) is 0.783. The van der Waals surface area contributed by atoms with Crippen molar-refractivity contribution in [3.8, 4) is 0 Å². The topological polar surface area (TPSA) is 46.5 Å². The van der Waals surface area contributed by atoms with Crippen LogP contribution in [0.15, 0.2) is 23.8 Å². The van der Waals surface area contributed by atoms with E-state index in [9.17, 15) is 9.90 Å². The average molecular weight is 354 g/mol. The Kier molecular flexibility index (Phi) is 3.03. The molecule has 3 heteroatoms. The summed E-state index contributed by atoms with van der Waals surface area (Å²) in [6.45, 7) is 4.90. The molecule has 1 heterocycles. The summed E-state index contributed by atoms with van der Waals surface area (Å²) in [4.78, 5) is 12.0. The van der Waals surface area contributed by atoms with Gasteiger partial charge in [-0.2, -0.15) is 0 Å². The van der Waals surface area contributed by atoms with E-state index in [1.807, 2.05) is 12.2 Å². The minimum atomic E-state index is -0.716. The number of allylic oxidation sites excluding steroid dienone is 1. The number of aliphatic hydroxyl groups excluding tert-OH is 1. The van der Waals surface area contributed by atoms with Crippen LogP contribution < -0.4 is 0 Å². The van der Waals surface area contributed by atoms with Crippen LogP contribution in [0, 0.1) is 46.8 Å². The molecule has 4 saturated carbocycles. The van der Waals surface area contributed by atoms with E-state index in [1.54, 1.807) is 0 Å². The lowest BCUT2D eigenvalue weighted by atomic mass is 9.47. The molecular formula is C23H30O3. The predicted molar refractivity (Wildman–Crippen MR) is 98.0 cm³/mol. The standard InChI is InChI=1S/C23H30O3/c1-12-9-13-10-14(24)3-4-15(13)16-5-7-22(2)21(20(12)16)17-11-18(17)23(22)8-6-19(25)26-23/h6,8,10,12,15-21,25H,3-5,7,9,11H2,1-2H3/t12-,15-,16?,17-,18+,19?,20?,21?,22-,23-/m0/s1. The van der Waals surface area contributed by atoms with Crippen molar-refractivity contribution in [2.75, 3.05) is 0 Å². The average Bonchev–Trinajstić information content (AvgIpc) is 3.24. The lowest BCUT2D eigenvalue weighted by Gasteiger charge is -2.59. The van der Waals surface area contributed by atoms with E-state index >= 15 is 0 Å². The van der Waals surface area contributed by atoms with Gasteiger partial charge in [-0.3, -0.25) is 4.79 Å². The van der Waals surface area contributed by atoms with Crippen LogP contribution in [0.1, 0.15) is 52.4 Å². The molecule has 0 radical (unpaired) electrons. The van der Waals surface area contributed by atoms with Crippen LogP contribution in [-0.4, -0.2) is 22.8 Å². The van der Waals surface area contributed by atoms with Gasteiger partial charge in [0.1, 0.15) is 0 Å². The van der Waals surface area contributed by atoms with Crippen LogP contribution in [0.25, 0.3) is 0 Å². The molecule has 6 aliphatic rings. The van der Waals surface area contributed by atoms with Gasteiger partial charge in [-0.25, -0.2) is 0 Å². The van der Waals surface area contributed by atoms with E-state index in [1.165, 1.54) is 24.8 Å². The van der Waals surface area contributed by atoms with Crippen LogP contribution in [0.4, 0.5) is 0 Å². The van der Waals surface area contributed by atoms with Gasteiger partial charge in [-0.05, 0) is 85.7 Å². The second-order valence-corrected chi connectivity index (χ2v) is 10.4. The van der Waals surface area contributed by atoms with Crippen LogP contribution in [0.3, 0.4) is 0 Å². The maximum absolute atomic E-state index is 12.0. The van der Waals surface area contributed by atoms with Gasteiger partial charge < -0.3 is 9.84 Å². The Morgan fingerprint density at radius 3 is 2.88 bits per heavy atom. The van der Waals surface area contributed by atoms with E-state index in [-0.39, 0.29) is 11.0 Å². The number of hydrogen-bond acceptors (Lipinski definition) is 3. The van der Waals surface area contributed by atoms with Crippen molar-refractivity contribution in [1.29, 1.82) is 0 Å². The smallest absolute Gasteiger partial charge is 0.175 e. The second kappa shape index (κ2) is 4.91. The molecule has 0 aromatic rings. The fourth-order valence-electron chi connectivity index (χ4n) is 8.62. The second-order valence-electron chi connectivity index (χ2n) is 10.4. The van der Waals surface area contributed by atoms with Gasteiger partial charge in [0.05, 0.1) is 5.60 Å². The molecule has 0 aromatic carbocycles. The van der Waals surface area contributed by atoms with E-state index in [0.29, 0.717) is 23.5 Å². The molecule has 6 rings (SSSR count). The normalized spacial score (nSPS) is 59.5. The molecule has 1 aliphatic heterocycles. The third-order valence-electron chi connectivity index (χ3n) is 9.47. The summed E-state index contributed by atoms with van der Waals surface area (Å²) in [6.07, 6.45) is 12.1. The van der Waals surface area contributed by atoms with Crippen molar-refractivity contribution in [1.82, 2.24) is 0 Å². The molecule has 26 heavy (non-hydrogen) atoms. The maximum atomic E-state index is 12.0. The summed E-state index contributed by atoms with van der Waals surface area (Å²) in [6, 6.07) is 0. The van der Waals surface area contributed by atoms with Crippen molar-refractivity contribution in [3.63, 3.8) is 0 Å². The monoisotopic (exact) mass is 354 g/mol. The lowest BCUT2D eigenvalue weighted by Crippen LogP contribution is -2.56. The third kappa shape index (κ3) is 1.75. The SMILES string of the molecule is C[C@H]1CC2=CC(=O)CC[C@@H]2C2CC[C@@]3(C)C(C21)[C@H]1C[C@H]1[C@@]31C=CC(O)O1. The molecule has 10 atom stereocenters. The molecule has 1 spiro atoms. The Hall–Kier alpha value is -0.930. The summed E-state index contributed by atoms with van der Waals surface area (Å²) in [5, 5.41) is 10.1. The van der Waals surface area contributed by atoms with Gasteiger partial charge in [0.25, 0.3) is 0 Å². The Labute approximate surface area is 155 Å². The molecule has 140 valence electrons. The van der Waals surface area contributed by atoms with Gasteiger partial charge in [0, 0.05) is 11.8 Å². The first-order chi connectivity index (χ1) is 12.4. The highest BCUT2D eigenvalue weighted by Crippen LogP contribution is 2.78. The molecule has 0 saturated heterocycles. The quantitative estimate of drug-likeness (QED) is 0.672. The molecule has 4 fully saturated rings. The summed E-state index contributed by atoms with van der Waals surface area (Å²) < 4.78 is 6.26. The largest absolute Gasteiger partial charge is 0.365 e. The number of hydrogen-bond donors (Lipinski definition) is 1. The molecular weight excluding hydrogens is 324 g/mol. The molecule has 3 nitrogen and oxygen atoms in total. The van der Waals surface area contributed by atoms with Crippen molar-refractivity contribution < 1.29 is 14.6 Å². The van der Waals surface area contributed by atoms with Gasteiger partial charge in [0.15, 0.2) is 12.1 Å². The van der Waals surface area contributed by atoms with Gasteiger partial charge in [-0.15, -0.1) is 0 Å². The van der Waals surface area contributed by atoms with Crippen molar-refractivity contribution in [2.24, 2.45) is 46.8 Å². The van der Waals surface area contributed by atoms with Gasteiger partial charge in [-0.1, -0.05) is 25.5 Å². The van der Waals surface area contributed by atoms with Crippen LogP contribution in [0.5, 0.6) is 0 Å². The maximum Gasteiger partial charge on any atom is 0.175 e. The third-order valence-corrected chi connectivity index (χ3v) is 9.47. The Morgan fingerprint density at radius 1 is 1.27 bits per heavy atom. The number of ketones is 1. The van der Waals surface area contributed by atoms with Crippen LogP contribution >= 0.6 is 0 Å². The van der Waals surface area contributed by atoms with Crippen LogP contribution in [-0.2, 0) is 9.53 Å². The van der Waals surface area contributed by atoms with Crippen LogP contribution in [0.2, 0.25) is 0 Å². The van der Waals surface area contributed by atoms with Crippen molar-refractivity contribution in [3.05, 3.63) is 23.8 Å². The number of carbonyl (C=O) groups excluding carboxylic acids is 1. The molecule has 5 aliphatic carbocycles. The van der Waals surface area contributed by atoms with E-state index in [2.05, 4.69) is 19.9 Å². The Balaban J connectivity index is 1.40. The Bertz CT molecular complexity index is 738. The van der Waals surface area contributed by atoms with Crippen molar-refractivity contribution >= 4 is 5.78 Å². The first kappa shape index (κ1) is 16.1. The minimum Gasteiger partial charge on any atom is -0.365 e. The summed E-state index contributed by atoms with van der Waals surface area (Å²) in [5.74, 6) is 5.28. The molecule has 1 N–H and O–H groups in total. The lowest BCUT2D eigenvalue weighted by molar-refractivity contribution is -0.197. The highest BCUT2D eigenvalue weighted by Gasteiger charge is 2.77. The number of rotatable bonds is 0. The Morgan fingerprint density at radius 2 is 2.12 bits per heavy atom. The summed E-state index contributed by atoms with van der Waals surface area (Å²) in [7, 11) is 0. The number of ether oxygens (including phenoxy) is 1. The molecule has 0 aromatic heterocycles.